The van der Waals surface area contributed by atoms with Gasteiger partial charge < -0.3 is 20.4 Å². The second-order valence-corrected chi connectivity index (χ2v) is 11.2. The van der Waals surface area contributed by atoms with Crippen LogP contribution in [0.25, 0.3) is 0 Å². The predicted molar refractivity (Wildman–Crippen MR) is 121 cm³/mol. The van der Waals surface area contributed by atoms with Crippen LogP contribution in [0.2, 0.25) is 0 Å². The SMILES string of the molecule is C[C@]12CCC(=NO[C@@H]3CCNC3)CC1[C@@H](CO)[C@@H](O)[C@@H]1[C@@H]2CC[C@]2(C)C(=O)CC[C@@H]12.Cl. The van der Waals surface area contributed by atoms with E-state index >= 15 is 0 Å². The number of ketones is 1. The third kappa shape index (κ3) is 3.56. The van der Waals surface area contributed by atoms with Gasteiger partial charge in [0, 0.05) is 37.3 Å². The maximum Gasteiger partial charge on any atom is 0.141 e. The highest BCUT2D eigenvalue weighted by atomic mass is 35.5. The minimum absolute atomic E-state index is 0. The molecule has 0 bridgehead atoms. The summed E-state index contributed by atoms with van der Waals surface area (Å²) < 4.78 is 0. The Morgan fingerprint density at radius 2 is 1.94 bits per heavy atom. The van der Waals surface area contributed by atoms with Gasteiger partial charge in [-0.2, -0.15) is 0 Å². The summed E-state index contributed by atoms with van der Waals surface area (Å²) in [5.41, 5.74) is 0.902. The number of hydrogen-bond donors (Lipinski definition) is 3. The summed E-state index contributed by atoms with van der Waals surface area (Å²) in [6, 6.07) is 0. The van der Waals surface area contributed by atoms with Crippen LogP contribution >= 0.6 is 12.4 Å². The molecule has 7 heteroatoms. The third-order valence-corrected chi connectivity index (χ3v) is 10.1. The van der Waals surface area contributed by atoms with Crippen molar-refractivity contribution in [2.45, 2.75) is 77.4 Å². The van der Waals surface area contributed by atoms with E-state index in [0.29, 0.717) is 18.1 Å². The van der Waals surface area contributed by atoms with Gasteiger partial charge in [-0.3, -0.25) is 4.79 Å². The summed E-state index contributed by atoms with van der Waals surface area (Å²) >= 11 is 0. The number of carbonyl (C=O) groups excluding carboxylic acids is 1. The zero-order chi connectivity index (χ0) is 21.1. The predicted octanol–water partition coefficient (Wildman–Crippen LogP) is 2.94. The minimum atomic E-state index is -0.534. The van der Waals surface area contributed by atoms with E-state index < -0.39 is 6.10 Å². The van der Waals surface area contributed by atoms with Crippen molar-refractivity contribution in [1.82, 2.24) is 5.32 Å². The maximum absolute atomic E-state index is 12.7. The number of fused-ring (bicyclic) bond motifs is 5. The largest absolute Gasteiger partial charge is 0.396 e. The summed E-state index contributed by atoms with van der Waals surface area (Å²) in [6.45, 7) is 6.38. The van der Waals surface area contributed by atoms with Gasteiger partial charge in [0.15, 0.2) is 0 Å². The molecule has 6 nitrogen and oxygen atoms in total. The van der Waals surface area contributed by atoms with Gasteiger partial charge in [0.05, 0.1) is 11.8 Å². The molecule has 0 aromatic carbocycles. The number of hydrogen-bond acceptors (Lipinski definition) is 6. The van der Waals surface area contributed by atoms with Crippen molar-refractivity contribution in [2.75, 3.05) is 19.7 Å². The number of nitrogens with one attached hydrogen (secondary N) is 1. The van der Waals surface area contributed by atoms with Crippen molar-refractivity contribution < 1.29 is 19.8 Å². The van der Waals surface area contributed by atoms with Crippen molar-refractivity contribution in [2.24, 2.45) is 45.6 Å². The first-order chi connectivity index (χ1) is 14.4. The van der Waals surface area contributed by atoms with Crippen LogP contribution in [0.1, 0.15) is 65.2 Å². The molecular formula is C24H39ClN2O4. The van der Waals surface area contributed by atoms with E-state index in [1.165, 1.54) is 0 Å². The second kappa shape index (κ2) is 8.58. The molecule has 1 aliphatic heterocycles. The first-order valence-electron chi connectivity index (χ1n) is 12.1. The fraction of sp³-hybridized carbons (Fsp3) is 0.917. The van der Waals surface area contributed by atoms with Crippen molar-refractivity contribution in [3.05, 3.63) is 0 Å². The molecule has 4 aliphatic carbocycles. The quantitative estimate of drug-likeness (QED) is 0.570. The number of aliphatic hydroxyl groups excluding tert-OH is 2. The lowest BCUT2D eigenvalue weighted by Crippen LogP contribution is -2.62. The lowest BCUT2D eigenvalue weighted by atomic mass is 9.42. The van der Waals surface area contributed by atoms with E-state index in [0.717, 1.165) is 63.7 Å². The molecule has 1 saturated heterocycles. The molecule has 31 heavy (non-hydrogen) atoms. The molecule has 0 amide bonds. The van der Waals surface area contributed by atoms with Gasteiger partial charge in [-0.05, 0) is 74.2 Å². The molecule has 0 radical (unpaired) electrons. The maximum atomic E-state index is 12.7. The third-order valence-electron chi connectivity index (χ3n) is 10.1. The van der Waals surface area contributed by atoms with Gasteiger partial charge in [0.1, 0.15) is 11.9 Å². The Balaban J connectivity index is 0.00000231. The van der Waals surface area contributed by atoms with E-state index in [9.17, 15) is 15.0 Å². The molecule has 9 atom stereocenters. The normalized spacial score (nSPS) is 50.4. The Bertz CT molecular complexity index is 726. The fourth-order valence-electron chi connectivity index (χ4n) is 8.21. The van der Waals surface area contributed by atoms with Crippen LogP contribution in [0.15, 0.2) is 5.16 Å². The molecule has 4 saturated carbocycles. The molecule has 0 aromatic heterocycles. The number of aliphatic hydroxyl groups is 2. The summed E-state index contributed by atoms with van der Waals surface area (Å²) in [5.74, 6) is 1.28. The van der Waals surface area contributed by atoms with Crippen molar-refractivity contribution in [1.29, 1.82) is 0 Å². The minimum Gasteiger partial charge on any atom is -0.396 e. The van der Waals surface area contributed by atoms with E-state index in [4.69, 9.17) is 4.84 Å². The lowest BCUT2D eigenvalue weighted by molar-refractivity contribution is -0.188. The van der Waals surface area contributed by atoms with Crippen molar-refractivity contribution in [3.8, 4) is 0 Å². The average molecular weight is 455 g/mol. The molecule has 5 rings (SSSR count). The van der Waals surface area contributed by atoms with E-state index in [-0.39, 0.29) is 59.6 Å². The molecule has 0 aromatic rings. The number of nitrogens with zero attached hydrogens (tertiary/aromatic N) is 1. The van der Waals surface area contributed by atoms with E-state index in [1.807, 2.05) is 0 Å². The number of rotatable bonds is 3. The Morgan fingerprint density at radius 1 is 1.13 bits per heavy atom. The van der Waals surface area contributed by atoms with Crippen LogP contribution in [-0.4, -0.2) is 53.6 Å². The molecule has 3 N–H and O–H groups in total. The Labute approximate surface area is 192 Å². The van der Waals surface area contributed by atoms with Gasteiger partial charge >= 0.3 is 0 Å². The van der Waals surface area contributed by atoms with E-state index in [2.05, 4.69) is 24.3 Å². The molecule has 1 heterocycles. The van der Waals surface area contributed by atoms with Gasteiger partial charge in [0.2, 0.25) is 0 Å². The zero-order valence-electron chi connectivity index (χ0n) is 18.9. The van der Waals surface area contributed by atoms with Gasteiger partial charge in [-0.1, -0.05) is 19.0 Å². The smallest absolute Gasteiger partial charge is 0.141 e. The van der Waals surface area contributed by atoms with Crippen LogP contribution in [0.5, 0.6) is 0 Å². The lowest BCUT2D eigenvalue weighted by Gasteiger charge is -2.63. The number of Topliss-reactive ketones (excluding diaryl/α,β-unsaturated/α-hetero) is 1. The fourth-order valence-corrected chi connectivity index (χ4v) is 8.21. The van der Waals surface area contributed by atoms with Crippen LogP contribution < -0.4 is 5.32 Å². The average Bonchev–Trinajstić information content (AvgIpc) is 3.36. The first kappa shape index (κ1) is 23.5. The molecule has 0 spiro atoms. The molecule has 1 unspecified atom stereocenters. The zero-order valence-corrected chi connectivity index (χ0v) is 19.7. The standard InChI is InChI=1S/C24H38N2O4.ClH/c1-23-8-5-14(26-30-15-7-10-25-12-15)11-19(23)16(13-27)22(29)21-17-3-4-20(28)24(17,2)9-6-18(21)23;/h15-19,21-22,25,27,29H,3-13H2,1-2H3;1H/t15-,16-,17+,18+,19?,21+,22-,23-,24+;/m1./s1. The molecule has 5 fully saturated rings. The highest BCUT2D eigenvalue weighted by Gasteiger charge is 2.64. The summed E-state index contributed by atoms with van der Waals surface area (Å²) in [4.78, 5) is 18.5. The number of oxime groups is 1. The van der Waals surface area contributed by atoms with Crippen LogP contribution in [0, 0.1) is 40.4 Å². The summed E-state index contributed by atoms with van der Waals surface area (Å²) in [7, 11) is 0. The first-order valence-corrected chi connectivity index (χ1v) is 12.1. The Morgan fingerprint density at radius 3 is 2.65 bits per heavy atom. The second-order valence-electron chi connectivity index (χ2n) is 11.2. The monoisotopic (exact) mass is 454 g/mol. The molecule has 5 aliphatic rings. The van der Waals surface area contributed by atoms with E-state index in [1.54, 1.807) is 0 Å². The Kier molecular flexibility index (Phi) is 6.50. The topological polar surface area (TPSA) is 91.2 Å². The Hall–Kier alpha value is -0.690. The van der Waals surface area contributed by atoms with Gasteiger partial charge in [-0.25, -0.2) is 0 Å². The van der Waals surface area contributed by atoms with Crippen LogP contribution in [0.3, 0.4) is 0 Å². The highest BCUT2D eigenvalue weighted by molar-refractivity contribution is 5.87. The van der Waals surface area contributed by atoms with Gasteiger partial charge in [0.25, 0.3) is 0 Å². The summed E-state index contributed by atoms with van der Waals surface area (Å²) in [5, 5.41) is 29.7. The van der Waals surface area contributed by atoms with Gasteiger partial charge in [-0.15, -0.1) is 12.4 Å². The number of halogens is 1. The van der Waals surface area contributed by atoms with Crippen molar-refractivity contribution in [3.63, 3.8) is 0 Å². The number of carbonyl (C=O) groups is 1. The molecular weight excluding hydrogens is 416 g/mol. The molecule has 176 valence electrons. The van der Waals surface area contributed by atoms with Crippen LogP contribution in [-0.2, 0) is 9.63 Å². The summed E-state index contributed by atoms with van der Waals surface area (Å²) in [6.07, 6.45) is 6.94. The van der Waals surface area contributed by atoms with Crippen molar-refractivity contribution >= 4 is 23.9 Å². The highest BCUT2D eigenvalue weighted by Crippen LogP contribution is 2.66. The van der Waals surface area contributed by atoms with Crippen LogP contribution in [0.4, 0.5) is 0 Å².